The van der Waals surface area contributed by atoms with Crippen LogP contribution in [0.4, 0.5) is 0 Å². The third kappa shape index (κ3) is 4.13. The van der Waals surface area contributed by atoms with Gasteiger partial charge in [-0.1, -0.05) is 103 Å². The van der Waals surface area contributed by atoms with E-state index in [4.69, 9.17) is 14.4 Å². The van der Waals surface area contributed by atoms with E-state index in [0.717, 1.165) is 50.0 Å². The van der Waals surface area contributed by atoms with Crippen molar-refractivity contribution in [2.45, 2.75) is 6.17 Å². The van der Waals surface area contributed by atoms with Crippen LogP contribution in [-0.4, -0.2) is 11.7 Å². The van der Waals surface area contributed by atoms with Gasteiger partial charge in [0.1, 0.15) is 23.2 Å². The first-order valence-corrected chi connectivity index (χ1v) is 15.5. The summed E-state index contributed by atoms with van der Waals surface area (Å²) in [7, 11) is 0. The molecule has 3 heterocycles. The Morgan fingerprint density at radius 3 is 2.07 bits per heavy atom. The van der Waals surface area contributed by atoms with Gasteiger partial charge in [0.25, 0.3) is 0 Å². The van der Waals surface area contributed by atoms with Crippen molar-refractivity contribution in [2.24, 2.45) is 9.98 Å². The van der Waals surface area contributed by atoms with Crippen LogP contribution >= 0.6 is 11.3 Å². The number of nitrogens with one attached hydrogen (secondary N) is 1. The molecule has 0 radical (unpaired) electrons. The minimum atomic E-state index is -0.247. The minimum absolute atomic E-state index is 0.247. The molecule has 9 rings (SSSR count). The molecule has 1 unspecified atom stereocenters. The summed E-state index contributed by atoms with van der Waals surface area (Å²) in [6, 6.07) is 48.6. The highest BCUT2D eigenvalue weighted by atomic mass is 32.1. The molecule has 2 aromatic heterocycles. The quantitative estimate of drug-likeness (QED) is 0.224. The summed E-state index contributed by atoms with van der Waals surface area (Å²) in [5.74, 6) is 1.48. The van der Waals surface area contributed by atoms with Crippen molar-refractivity contribution in [3.63, 3.8) is 0 Å². The topological polar surface area (TPSA) is 49.9 Å². The summed E-state index contributed by atoms with van der Waals surface area (Å²) in [4.78, 5) is 9.94. The van der Waals surface area contributed by atoms with E-state index in [2.05, 4.69) is 96.3 Å². The zero-order valence-electron chi connectivity index (χ0n) is 23.6. The van der Waals surface area contributed by atoms with E-state index in [-0.39, 0.29) is 6.17 Å². The van der Waals surface area contributed by atoms with Crippen molar-refractivity contribution in [3.05, 3.63) is 156 Å². The first-order valence-electron chi connectivity index (χ1n) is 14.7. The predicted octanol–water partition coefficient (Wildman–Crippen LogP) is 10.1. The molecule has 0 spiro atoms. The zero-order valence-corrected chi connectivity index (χ0v) is 24.4. The van der Waals surface area contributed by atoms with Crippen molar-refractivity contribution in [1.82, 2.24) is 5.32 Å². The van der Waals surface area contributed by atoms with Crippen molar-refractivity contribution in [3.8, 4) is 11.1 Å². The van der Waals surface area contributed by atoms with Crippen LogP contribution in [0.3, 0.4) is 0 Å². The van der Waals surface area contributed by atoms with Gasteiger partial charge in [0.05, 0.1) is 0 Å². The third-order valence-electron chi connectivity index (χ3n) is 8.35. The highest BCUT2D eigenvalue weighted by Crippen LogP contribution is 2.41. The van der Waals surface area contributed by atoms with Gasteiger partial charge >= 0.3 is 0 Å². The number of benzene rings is 6. The molecule has 0 fully saturated rings. The van der Waals surface area contributed by atoms with Crippen LogP contribution in [0.5, 0.6) is 0 Å². The maximum absolute atomic E-state index is 6.54. The number of rotatable bonds is 4. The van der Waals surface area contributed by atoms with Crippen molar-refractivity contribution < 1.29 is 4.42 Å². The number of fused-ring (bicyclic) bond motifs is 6. The molecule has 1 N–H and O–H groups in total. The number of nitrogens with zero attached hydrogens (tertiary/aromatic N) is 2. The standard InChI is InChI=1S/C39H25N3OS/c1-3-10-24(11-4-1)37-40-38(25-12-5-2-6-13-25)42-39(41-37)27-19-21-30-29-20-18-26(22-32(29)43-33(30)23-27)28-15-9-17-35-36(28)31-14-7-8-16-34(31)44-35/h1-23,37H,(H,40,41,42). The molecule has 1 aliphatic rings. The molecule has 5 heteroatoms. The zero-order chi connectivity index (χ0) is 29.0. The maximum atomic E-state index is 6.54. The van der Waals surface area contributed by atoms with E-state index in [1.165, 1.54) is 25.7 Å². The van der Waals surface area contributed by atoms with Crippen molar-refractivity contribution in [2.75, 3.05) is 0 Å². The van der Waals surface area contributed by atoms with Crippen LogP contribution in [0.15, 0.2) is 154 Å². The van der Waals surface area contributed by atoms with Gasteiger partial charge in [0.15, 0.2) is 5.84 Å². The molecule has 0 bridgehead atoms. The van der Waals surface area contributed by atoms with Crippen molar-refractivity contribution in [1.29, 1.82) is 0 Å². The molecule has 208 valence electrons. The molecule has 0 saturated heterocycles. The SMILES string of the molecule is c1ccc(C2=NC(c3ccccc3)NC(c3ccc4c(c3)oc3cc(-c5cccc6sc7ccccc7c56)ccc34)=N2)cc1. The number of amidine groups is 2. The Morgan fingerprint density at radius 2 is 1.25 bits per heavy atom. The lowest BCUT2D eigenvalue weighted by Crippen LogP contribution is -2.33. The van der Waals surface area contributed by atoms with Gasteiger partial charge in [0, 0.05) is 42.1 Å². The van der Waals surface area contributed by atoms with E-state index >= 15 is 0 Å². The molecular weight excluding hydrogens is 559 g/mol. The van der Waals surface area contributed by atoms with Crippen LogP contribution in [0.2, 0.25) is 0 Å². The van der Waals surface area contributed by atoms with Gasteiger partial charge in [-0.2, -0.15) is 0 Å². The Bertz CT molecular complexity index is 2420. The van der Waals surface area contributed by atoms with E-state index in [0.29, 0.717) is 5.84 Å². The summed E-state index contributed by atoms with van der Waals surface area (Å²) >= 11 is 1.84. The summed E-state index contributed by atoms with van der Waals surface area (Å²) < 4.78 is 9.14. The summed E-state index contributed by atoms with van der Waals surface area (Å²) in [5.41, 5.74) is 7.10. The molecule has 1 aliphatic heterocycles. The average Bonchev–Trinajstić information content (AvgIpc) is 3.66. The predicted molar refractivity (Wildman–Crippen MR) is 184 cm³/mol. The van der Waals surface area contributed by atoms with Crippen LogP contribution < -0.4 is 5.32 Å². The smallest absolute Gasteiger partial charge is 0.159 e. The molecule has 0 saturated carbocycles. The fourth-order valence-corrected chi connectivity index (χ4v) is 7.36. The lowest BCUT2D eigenvalue weighted by molar-refractivity contribution is 0.666. The number of thiophene rings is 1. The van der Waals surface area contributed by atoms with Gasteiger partial charge in [-0.3, -0.25) is 0 Å². The summed E-state index contributed by atoms with van der Waals surface area (Å²) in [6.45, 7) is 0. The minimum Gasteiger partial charge on any atom is -0.456 e. The lowest BCUT2D eigenvalue weighted by Gasteiger charge is -2.23. The fourth-order valence-electron chi connectivity index (χ4n) is 6.23. The van der Waals surface area contributed by atoms with Gasteiger partial charge < -0.3 is 9.73 Å². The lowest BCUT2D eigenvalue weighted by atomic mass is 9.98. The highest BCUT2D eigenvalue weighted by molar-refractivity contribution is 7.25. The second-order valence-electron chi connectivity index (χ2n) is 11.0. The first-order chi connectivity index (χ1) is 21.8. The molecular formula is C39H25N3OS. The maximum Gasteiger partial charge on any atom is 0.159 e. The van der Waals surface area contributed by atoms with Gasteiger partial charge in [0.2, 0.25) is 0 Å². The molecule has 0 aliphatic carbocycles. The van der Waals surface area contributed by atoms with E-state index < -0.39 is 0 Å². The Kier molecular flexibility index (Phi) is 5.71. The number of aliphatic imine (C=N–C) groups is 2. The molecule has 4 nitrogen and oxygen atoms in total. The Hall–Kier alpha value is -5.52. The van der Waals surface area contributed by atoms with Crippen LogP contribution in [0.1, 0.15) is 22.9 Å². The molecule has 1 atom stereocenters. The largest absolute Gasteiger partial charge is 0.456 e. The highest BCUT2D eigenvalue weighted by Gasteiger charge is 2.22. The average molecular weight is 584 g/mol. The van der Waals surface area contributed by atoms with Crippen LogP contribution in [0, 0.1) is 0 Å². The molecule has 6 aromatic carbocycles. The molecule has 0 amide bonds. The number of furan rings is 1. The Labute approximate surface area is 257 Å². The van der Waals surface area contributed by atoms with Gasteiger partial charge in [-0.05, 0) is 53.1 Å². The number of hydrogen-bond donors (Lipinski definition) is 1. The second kappa shape index (κ2) is 10.0. The fraction of sp³-hybridized carbons (Fsp3) is 0.0256. The van der Waals surface area contributed by atoms with Crippen molar-refractivity contribution >= 4 is 65.1 Å². The van der Waals surface area contributed by atoms with Crippen LogP contribution in [-0.2, 0) is 0 Å². The Balaban J connectivity index is 1.14. The normalized spacial score (nSPS) is 15.0. The molecule has 44 heavy (non-hydrogen) atoms. The summed E-state index contributed by atoms with van der Waals surface area (Å²) in [6.07, 6.45) is -0.247. The first kappa shape index (κ1) is 25.0. The van der Waals surface area contributed by atoms with E-state index in [1.807, 2.05) is 59.9 Å². The third-order valence-corrected chi connectivity index (χ3v) is 9.49. The monoisotopic (exact) mass is 583 g/mol. The van der Waals surface area contributed by atoms with E-state index in [1.54, 1.807) is 0 Å². The van der Waals surface area contributed by atoms with E-state index in [9.17, 15) is 0 Å². The summed E-state index contributed by atoms with van der Waals surface area (Å²) in [5, 5.41) is 8.35. The van der Waals surface area contributed by atoms with Gasteiger partial charge in [-0.15, -0.1) is 11.3 Å². The number of hydrogen-bond acceptors (Lipinski definition) is 5. The van der Waals surface area contributed by atoms with Gasteiger partial charge in [-0.25, -0.2) is 9.98 Å². The Morgan fingerprint density at radius 1 is 0.568 bits per heavy atom. The molecule has 8 aromatic rings. The second-order valence-corrected chi connectivity index (χ2v) is 12.1. The van der Waals surface area contributed by atoms with Crippen LogP contribution in [0.25, 0.3) is 53.2 Å².